The Morgan fingerprint density at radius 1 is 1.05 bits per heavy atom. The third-order valence-electron chi connectivity index (χ3n) is 2.86. The number of ketones is 1. The zero-order valence-corrected chi connectivity index (χ0v) is 10.7. The second-order valence-corrected chi connectivity index (χ2v) is 4.31. The normalized spacial score (nSPS) is 10.4. The molecule has 3 rings (SSSR count). The van der Waals surface area contributed by atoms with Crippen molar-refractivity contribution in [3.63, 3.8) is 0 Å². The van der Waals surface area contributed by atoms with Crippen LogP contribution in [0.25, 0.3) is 11.3 Å². The van der Waals surface area contributed by atoms with Gasteiger partial charge in [-0.1, -0.05) is 41.6 Å². The smallest absolute Gasteiger partial charge is 0.202 e. The fourth-order valence-corrected chi connectivity index (χ4v) is 1.87. The highest BCUT2D eigenvalue weighted by molar-refractivity contribution is 5.93. The molecule has 5 heteroatoms. The number of carbonyl (C=O) groups is 1. The zero-order chi connectivity index (χ0) is 13.8. The minimum absolute atomic E-state index is 0.0879. The molecule has 0 bridgehead atoms. The Labute approximate surface area is 115 Å². The predicted octanol–water partition coefficient (Wildman–Crippen LogP) is 2.22. The van der Waals surface area contributed by atoms with Crippen LogP contribution < -0.4 is 0 Å². The fourth-order valence-electron chi connectivity index (χ4n) is 1.87. The van der Waals surface area contributed by atoms with E-state index in [2.05, 4.69) is 15.3 Å². The molecule has 0 aliphatic carbocycles. The molecule has 2 aromatic heterocycles. The van der Waals surface area contributed by atoms with Crippen LogP contribution in [-0.4, -0.2) is 25.8 Å². The van der Waals surface area contributed by atoms with Crippen LogP contribution >= 0.6 is 0 Å². The van der Waals surface area contributed by atoms with Gasteiger partial charge < -0.3 is 0 Å². The van der Waals surface area contributed by atoms with Crippen LogP contribution in [0.5, 0.6) is 0 Å². The molecule has 98 valence electrons. The van der Waals surface area contributed by atoms with Crippen molar-refractivity contribution < 1.29 is 4.79 Å². The summed E-state index contributed by atoms with van der Waals surface area (Å²) in [6, 6.07) is 15.0. The van der Waals surface area contributed by atoms with Gasteiger partial charge in [0.2, 0.25) is 5.78 Å². The van der Waals surface area contributed by atoms with Crippen LogP contribution in [0, 0.1) is 0 Å². The number of hydrogen-bond donors (Lipinski definition) is 0. The summed E-state index contributed by atoms with van der Waals surface area (Å²) in [5, 5.41) is 8.05. The molecule has 2 heterocycles. The first-order valence-electron chi connectivity index (χ1n) is 6.23. The number of carbonyl (C=O) groups excluding carboxylic acids is 1. The standard InChI is InChI=1S/C15H12N4O/c20-15(13-8-4-5-9-16-13)11-19-10-14(17-18-19)12-6-2-1-3-7-12/h1-10H,11H2. The van der Waals surface area contributed by atoms with E-state index in [1.165, 1.54) is 4.68 Å². The molecule has 0 fully saturated rings. The maximum atomic E-state index is 12.0. The van der Waals surface area contributed by atoms with E-state index in [-0.39, 0.29) is 12.3 Å². The molecule has 0 unspecified atom stereocenters. The second kappa shape index (κ2) is 5.44. The highest BCUT2D eigenvalue weighted by atomic mass is 16.1. The SMILES string of the molecule is O=C(Cn1cc(-c2ccccc2)nn1)c1ccccn1. The number of Topliss-reactive ketones (excluding diaryl/α,β-unsaturated/α-hetero) is 1. The first-order chi connectivity index (χ1) is 9.83. The summed E-state index contributed by atoms with van der Waals surface area (Å²) in [6.07, 6.45) is 3.36. The molecule has 0 N–H and O–H groups in total. The molecule has 3 aromatic rings. The van der Waals surface area contributed by atoms with Gasteiger partial charge in [-0.25, -0.2) is 4.68 Å². The van der Waals surface area contributed by atoms with Gasteiger partial charge in [0.05, 0.1) is 6.20 Å². The Bertz CT molecular complexity index is 707. The molecular weight excluding hydrogens is 252 g/mol. The molecular formula is C15H12N4O. The van der Waals surface area contributed by atoms with Gasteiger partial charge in [-0.15, -0.1) is 5.10 Å². The zero-order valence-electron chi connectivity index (χ0n) is 10.7. The Morgan fingerprint density at radius 2 is 1.85 bits per heavy atom. The van der Waals surface area contributed by atoms with Gasteiger partial charge in [-0.3, -0.25) is 9.78 Å². The Balaban J connectivity index is 1.77. The largest absolute Gasteiger partial charge is 0.290 e. The van der Waals surface area contributed by atoms with E-state index in [1.807, 2.05) is 30.3 Å². The lowest BCUT2D eigenvalue weighted by atomic mass is 10.2. The monoisotopic (exact) mass is 264 g/mol. The topological polar surface area (TPSA) is 60.7 Å². The van der Waals surface area contributed by atoms with Crippen LogP contribution in [0.1, 0.15) is 10.5 Å². The van der Waals surface area contributed by atoms with Crippen LogP contribution in [-0.2, 0) is 6.54 Å². The number of nitrogens with zero attached hydrogens (tertiary/aromatic N) is 4. The van der Waals surface area contributed by atoms with Crippen molar-refractivity contribution in [2.24, 2.45) is 0 Å². The lowest BCUT2D eigenvalue weighted by Gasteiger charge is -1.99. The fraction of sp³-hybridized carbons (Fsp3) is 0.0667. The van der Waals surface area contributed by atoms with Crippen molar-refractivity contribution in [3.8, 4) is 11.3 Å². The highest BCUT2D eigenvalue weighted by Crippen LogP contribution is 2.14. The van der Waals surface area contributed by atoms with Gasteiger partial charge in [0, 0.05) is 11.8 Å². The molecule has 0 radical (unpaired) electrons. The van der Waals surface area contributed by atoms with Gasteiger partial charge in [0.1, 0.15) is 17.9 Å². The number of hydrogen-bond acceptors (Lipinski definition) is 4. The van der Waals surface area contributed by atoms with Crippen molar-refractivity contribution in [2.45, 2.75) is 6.54 Å². The van der Waals surface area contributed by atoms with Crippen molar-refractivity contribution in [1.82, 2.24) is 20.0 Å². The summed E-state index contributed by atoms with van der Waals surface area (Å²) in [5.41, 5.74) is 2.16. The average Bonchev–Trinajstić information content (AvgIpc) is 2.97. The molecule has 0 aliphatic rings. The van der Waals surface area contributed by atoms with Gasteiger partial charge in [-0.2, -0.15) is 0 Å². The summed E-state index contributed by atoms with van der Waals surface area (Å²) in [5.74, 6) is -0.0879. The van der Waals surface area contributed by atoms with Crippen molar-refractivity contribution in [1.29, 1.82) is 0 Å². The molecule has 0 spiro atoms. The first-order valence-corrected chi connectivity index (χ1v) is 6.23. The minimum Gasteiger partial charge on any atom is -0.290 e. The molecule has 20 heavy (non-hydrogen) atoms. The van der Waals surface area contributed by atoms with E-state index in [4.69, 9.17) is 0 Å². The van der Waals surface area contributed by atoms with E-state index in [0.717, 1.165) is 11.3 Å². The quantitative estimate of drug-likeness (QED) is 0.678. The van der Waals surface area contributed by atoms with Gasteiger partial charge in [-0.05, 0) is 12.1 Å². The Kier molecular flexibility index (Phi) is 3.33. The molecule has 5 nitrogen and oxygen atoms in total. The second-order valence-electron chi connectivity index (χ2n) is 4.31. The minimum atomic E-state index is -0.0879. The molecule has 0 saturated heterocycles. The van der Waals surface area contributed by atoms with Crippen molar-refractivity contribution in [3.05, 3.63) is 66.6 Å². The van der Waals surface area contributed by atoms with Crippen molar-refractivity contribution in [2.75, 3.05) is 0 Å². The maximum Gasteiger partial charge on any atom is 0.202 e. The third kappa shape index (κ3) is 2.61. The number of aromatic nitrogens is 4. The molecule has 1 aromatic carbocycles. The van der Waals surface area contributed by atoms with Crippen LogP contribution in [0.2, 0.25) is 0 Å². The van der Waals surface area contributed by atoms with Crippen LogP contribution in [0.3, 0.4) is 0 Å². The Hall–Kier alpha value is -2.82. The molecule has 0 saturated carbocycles. The van der Waals surface area contributed by atoms with E-state index in [1.54, 1.807) is 30.6 Å². The number of rotatable bonds is 4. The summed E-state index contributed by atoms with van der Waals surface area (Å²) in [6.45, 7) is 0.136. The van der Waals surface area contributed by atoms with E-state index in [0.29, 0.717) is 5.69 Å². The van der Waals surface area contributed by atoms with Crippen molar-refractivity contribution >= 4 is 5.78 Å². The number of benzene rings is 1. The average molecular weight is 264 g/mol. The highest BCUT2D eigenvalue weighted by Gasteiger charge is 2.10. The first kappa shape index (κ1) is 12.2. The van der Waals surface area contributed by atoms with Gasteiger partial charge in [0.15, 0.2) is 0 Å². The van der Waals surface area contributed by atoms with E-state index >= 15 is 0 Å². The molecule has 0 amide bonds. The van der Waals surface area contributed by atoms with Gasteiger partial charge >= 0.3 is 0 Å². The summed E-state index contributed by atoms with van der Waals surface area (Å²) in [7, 11) is 0. The summed E-state index contributed by atoms with van der Waals surface area (Å²) >= 11 is 0. The van der Waals surface area contributed by atoms with Crippen LogP contribution in [0.4, 0.5) is 0 Å². The van der Waals surface area contributed by atoms with Gasteiger partial charge in [0.25, 0.3) is 0 Å². The molecule has 0 atom stereocenters. The van der Waals surface area contributed by atoms with E-state index < -0.39 is 0 Å². The summed E-state index contributed by atoms with van der Waals surface area (Å²) < 4.78 is 1.53. The lowest BCUT2D eigenvalue weighted by molar-refractivity contribution is 0.0962. The summed E-state index contributed by atoms with van der Waals surface area (Å²) in [4.78, 5) is 16.0. The maximum absolute atomic E-state index is 12.0. The third-order valence-corrected chi connectivity index (χ3v) is 2.86. The Morgan fingerprint density at radius 3 is 2.60 bits per heavy atom. The molecule has 0 aliphatic heterocycles. The lowest BCUT2D eigenvalue weighted by Crippen LogP contribution is -2.12. The van der Waals surface area contributed by atoms with Crippen LogP contribution in [0.15, 0.2) is 60.9 Å². The predicted molar refractivity (Wildman–Crippen MR) is 74.0 cm³/mol. The number of pyridine rings is 1. The van der Waals surface area contributed by atoms with E-state index in [9.17, 15) is 4.79 Å².